The van der Waals surface area contributed by atoms with Gasteiger partial charge in [-0.1, -0.05) is 44.0 Å². The first kappa shape index (κ1) is 20.9. The number of benzene rings is 2. The molecule has 0 fully saturated rings. The van der Waals surface area contributed by atoms with Gasteiger partial charge < -0.3 is 4.74 Å². The van der Waals surface area contributed by atoms with Gasteiger partial charge in [-0.25, -0.2) is 0 Å². The lowest BCUT2D eigenvalue weighted by molar-refractivity contribution is -0.142. The predicted octanol–water partition coefficient (Wildman–Crippen LogP) is 6.68. The Labute approximate surface area is 166 Å². The van der Waals surface area contributed by atoms with E-state index in [0.29, 0.717) is 6.61 Å². The summed E-state index contributed by atoms with van der Waals surface area (Å²) in [5.41, 5.74) is 2.42. The molecule has 140 valence electrons. The van der Waals surface area contributed by atoms with Crippen molar-refractivity contribution in [3.63, 3.8) is 0 Å². The number of thioether (sulfide) groups is 2. The fraction of sp³-hybridized carbons (Fsp3) is 0.409. The van der Waals surface area contributed by atoms with Crippen LogP contribution in [0.4, 0.5) is 0 Å². The Morgan fingerprint density at radius 3 is 2.04 bits per heavy atom. The first-order chi connectivity index (χ1) is 12.6. The van der Waals surface area contributed by atoms with Crippen LogP contribution in [0.1, 0.15) is 40.0 Å². The van der Waals surface area contributed by atoms with Gasteiger partial charge in [0.2, 0.25) is 0 Å². The third-order valence-electron chi connectivity index (χ3n) is 3.99. The standard InChI is InChI=1S/C22H28O2S2/c1-4-6-7-16-25-20-12-8-18(9-13-20)19-10-14-21(15-11-19)26-17(3)22(23)24-5-2/h8-15,17H,4-7,16H2,1-3H3/t17-/m1/s1. The van der Waals surface area contributed by atoms with E-state index in [1.807, 2.05) is 25.6 Å². The van der Waals surface area contributed by atoms with Crippen LogP contribution in [0.3, 0.4) is 0 Å². The van der Waals surface area contributed by atoms with Crippen LogP contribution in [-0.2, 0) is 9.53 Å². The summed E-state index contributed by atoms with van der Waals surface area (Å²) in [6.07, 6.45) is 3.86. The van der Waals surface area contributed by atoms with Crippen LogP contribution in [0.2, 0.25) is 0 Å². The Kier molecular flexibility index (Phi) is 9.13. The summed E-state index contributed by atoms with van der Waals surface area (Å²) in [5.74, 6) is 1.03. The lowest BCUT2D eigenvalue weighted by atomic mass is 10.1. The predicted molar refractivity (Wildman–Crippen MR) is 114 cm³/mol. The maximum absolute atomic E-state index is 11.7. The zero-order chi connectivity index (χ0) is 18.8. The van der Waals surface area contributed by atoms with E-state index in [9.17, 15) is 4.79 Å². The quantitative estimate of drug-likeness (QED) is 0.258. The van der Waals surface area contributed by atoms with Crippen LogP contribution < -0.4 is 0 Å². The highest BCUT2D eigenvalue weighted by Gasteiger charge is 2.15. The summed E-state index contributed by atoms with van der Waals surface area (Å²) in [5, 5.41) is -0.190. The second-order valence-electron chi connectivity index (χ2n) is 6.12. The molecule has 0 saturated heterocycles. The number of ether oxygens (including phenoxy) is 1. The molecule has 2 aromatic rings. The van der Waals surface area contributed by atoms with Crippen molar-refractivity contribution >= 4 is 29.5 Å². The molecule has 0 aliphatic carbocycles. The van der Waals surface area contributed by atoms with E-state index < -0.39 is 0 Å². The maximum Gasteiger partial charge on any atom is 0.319 e. The molecule has 2 nitrogen and oxygen atoms in total. The average Bonchev–Trinajstić information content (AvgIpc) is 2.66. The van der Waals surface area contributed by atoms with Crippen molar-refractivity contribution in [3.8, 4) is 11.1 Å². The molecule has 0 heterocycles. The van der Waals surface area contributed by atoms with E-state index in [1.165, 1.54) is 52.8 Å². The molecule has 1 atom stereocenters. The monoisotopic (exact) mass is 388 g/mol. The number of hydrogen-bond donors (Lipinski definition) is 0. The highest BCUT2D eigenvalue weighted by molar-refractivity contribution is 8.00. The summed E-state index contributed by atoms with van der Waals surface area (Å²) in [6, 6.07) is 17.2. The lowest BCUT2D eigenvalue weighted by Crippen LogP contribution is -2.16. The van der Waals surface area contributed by atoms with E-state index in [2.05, 4.69) is 55.5 Å². The summed E-state index contributed by atoms with van der Waals surface area (Å²) in [7, 11) is 0. The number of hydrogen-bond acceptors (Lipinski definition) is 4. The van der Waals surface area contributed by atoms with Crippen LogP contribution in [0.15, 0.2) is 58.3 Å². The van der Waals surface area contributed by atoms with Crippen molar-refractivity contribution in [1.82, 2.24) is 0 Å². The molecule has 0 aliphatic heterocycles. The number of rotatable bonds is 10. The average molecular weight is 389 g/mol. The van der Waals surface area contributed by atoms with Gasteiger partial charge in [0.25, 0.3) is 0 Å². The van der Waals surface area contributed by atoms with E-state index >= 15 is 0 Å². The van der Waals surface area contributed by atoms with E-state index in [1.54, 1.807) is 0 Å². The normalized spacial score (nSPS) is 12.0. The van der Waals surface area contributed by atoms with Crippen LogP contribution in [0, 0.1) is 0 Å². The molecule has 0 saturated carbocycles. The molecule has 0 N–H and O–H groups in total. The molecule has 2 rings (SSSR count). The SMILES string of the molecule is CCCCCSc1ccc(-c2ccc(S[C@H](C)C(=O)OCC)cc2)cc1. The van der Waals surface area contributed by atoms with Gasteiger partial charge in [0.05, 0.1) is 6.61 Å². The fourth-order valence-corrected chi connectivity index (χ4v) is 4.30. The third-order valence-corrected chi connectivity index (χ3v) is 6.18. The molecule has 0 aromatic heterocycles. The number of esters is 1. The molecule has 4 heteroatoms. The van der Waals surface area contributed by atoms with Crippen LogP contribution in [0.25, 0.3) is 11.1 Å². The Bertz CT molecular complexity index is 666. The molecule has 26 heavy (non-hydrogen) atoms. The summed E-state index contributed by atoms with van der Waals surface area (Å²) >= 11 is 3.47. The number of unbranched alkanes of at least 4 members (excludes halogenated alkanes) is 2. The number of carbonyl (C=O) groups is 1. The van der Waals surface area contributed by atoms with Gasteiger partial charge in [-0.15, -0.1) is 23.5 Å². The molecule has 0 aliphatic rings. The Morgan fingerprint density at radius 2 is 1.50 bits per heavy atom. The third kappa shape index (κ3) is 6.73. The van der Waals surface area contributed by atoms with Gasteiger partial charge in [-0.05, 0) is 61.4 Å². The van der Waals surface area contributed by atoms with Gasteiger partial charge in [0.1, 0.15) is 5.25 Å². The van der Waals surface area contributed by atoms with Gasteiger partial charge in [0.15, 0.2) is 0 Å². The first-order valence-corrected chi connectivity index (χ1v) is 11.2. The van der Waals surface area contributed by atoms with Crippen molar-refractivity contribution in [2.45, 2.75) is 55.1 Å². The molecular weight excluding hydrogens is 360 g/mol. The van der Waals surface area contributed by atoms with Crippen LogP contribution >= 0.6 is 23.5 Å². The lowest BCUT2D eigenvalue weighted by Gasteiger charge is -2.10. The minimum absolute atomic E-state index is 0.159. The van der Waals surface area contributed by atoms with Gasteiger partial charge >= 0.3 is 5.97 Å². The smallest absolute Gasteiger partial charge is 0.319 e. The van der Waals surface area contributed by atoms with Crippen molar-refractivity contribution in [2.24, 2.45) is 0 Å². The maximum atomic E-state index is 11.7. The van der Waals surface area contributed by atoms with Crippen molar-refractivity contribution in [2.75, 3.05) is 12.4 Å². The Morgan fingerprint density at radius 1 is 0.923 bits per heavy atom. The molecular formula is C22H28O2S2. The fourth-order valence-electron chi connectivity index (χ4n) is 2.52. The highest BCUT2D eigenvalue weighted by Crippen LogP contribution is 2.29. The largest absolute Gasteiger partial charge is 0.465 e. The van der Waals surface area contributed by atoms with Crippen molar-refractivity contribution in [1.29, 1.82) is 0 Å². The van der Waals surface area contributed by atoms with Gasteiger partial charge in [-0.3, -0.25) is 4.79 Å². The molecule has 0 spiro atoms. The molecule has 0 unspecified atom stereocenters. The van der Waals surface area contributed by atoms with Gasteiger partial charge in [-0.2, -0.15) is 0 Å². The molecule has 2 aromatic carbocycles. The van der Waals surface area contributed by atoms with Gasteiger partial charge in [0, 0.05) is 9.79 Å². The van der Waals surface area contributed by atoms with Crippen molar-refractivity contribution < 1.29 is 9.53 Å². The van der Waals surface area contributed by atoms with Crippen molar-refractivity contribution in [3.05, 3.63) is 48.5 Å². The Balaban J connectivity index is 1.92. The first-order valence-electron chi connectivity index (χ1n) is 9.30. The molecule has 0 radical (unpaired) electrons. The van der Waals surface area contributed by atoms with Crippen LogP contribution in [-0.4, -0.2) is 23.6 Å². The Hall–Kier alpha value is -1.39. The minimum atomic E-state index is -0.190. The summed E-state index contributed by atoms with van der Waals surface area (Å²) < 4.78 is 5.06. The highest BCUT2D eigenvalue weighted by atomic mass is 32.2. The van der Waals surface area contributed by atoms with E-state index in [4.69, 9.17) is 4.74 Å². The van der Waals surface area contributed by atoms with Crippen LogP contribution in [0.5, 0.6) is 0 Å². The molecule has 0 bridgehead atoms. The minimum Gasteiger partial charge on any atom is -0.465 e. The number of carbonyl (C=O) groups excluding carboxylic acids is 1. The zero-order valence-electron chi connectivity index (χ0n) is 15.9. The molecule has 0 amide bonds. The zero-order valence-corrected chi connectivity index (χ0v) is 17.5. The summed E-state index contributed by atoms with van der Waals surface area (Å²) in [4.78, 5) is 14.1. The van der Waals surface area contributed by atoms with E-state index in [-0.39, 0.29) is 11.2 Å². The van der Waals surface area contributed by atoms with E-state index in [0.717, 1.165) is 4.90 Å². The topological polar surface area (TPSA) is 26.3 Å². The second-order valence-corrected chi connectivity index (χ2v) is 8.70. The summed E-state index contributed by atoms with van der Waals surface area (Å²) in [6.45, 7) is 6.38. The second kappa shape index (κ2) is 11.3.